The average Bonchev–Trinajstić information content (AvgIpc) is 3.22. The fourth-order valence-corrected chi connectivity index (χ4v) is 5.07. The quantitative estimate of drug-likeness (QED) is 0.770. The lowest BCUT2D eigenvalue weighted by Crippen LogP contribution is -2.71. The number of anilines is 1. The second-order valence-electron chi connectivity index (χ2n) is 7.49. The van der Waals surface area contributed by atoms with E-state index in [-0.39, 0.29) is 23.9 Å². The Hall–Kier alpha value is -2.68. The van der Waals surface area contributed by atoms with E-state index >= 15 is 0 Å². The second kappa shape index (κ2) is 6.16. The van der Waals surface area contributed by atoms with Gasteiger partial charge in [-0.05, 0) is 31.2 Å². The molecule has 3 aliphatic heterocycles. The monoisotopic (exact) mass is 402 g/mol. The van der Waals surface area contributed by atoms with Crippen molar-refractivity contribution in [2.75, 3.05) is 37.6 Å². The predicted octanol–water partition coefficient (Wildman–Crippen LogP) is 2.13. The van der Waals surface area contributed by atoms with Gasteiger partial charge in [-0.25, -0.2) is 14.2 Å². The van der Waals surface area contributed by atoms with Crippen LogP contribution in [0.4, 0.5) is 15.0 Å². The maximum Gasteiger partial charge on any atom is 0.411 e. The number of carbonyl (C=O) groups excluding carboxylic acids is 2. The van der Waals surface area contributed by atoms with Crippen LogP contribution in [0.3, 0.4) is 0 Å². The van der Waals surface area contributed by atoms with Crippen LogP contribution in [-0.2, 0) is 4.74 Å². The van der Waals surface area contributed by atoms with Gasteiger partial charge in [-0.1, -0.05) is 0 Å². The SMILES string of the molecule is Cc1ccc(C(=O)N2CCN3C(=O)OC4(CN(c5ccc(F)cn5)C4)C3C2)s1. The first-order valence-corrected chi connectivity index (χ1v) is 9.99. The smallest absolute Gasteiger partial charge is 0.411 e. The molecule has 2 aromatic rings. The fraction of sp³-hybridized carbons (Fsp3) is 0.421. The molecule has 3 aliphatic rings. The topological polar surface area (TPSA) is 66.0 Å². The molecule has 3 fully saturated rings. The number of nitrogens with zero attached hydrogens (tertiary/aromatic N) is 4. The third-order valence-corrected chi connectivity index (χ3v) is 6.69. The van der Waals surface area contributed by atoms with Crippen LogP contribution in [0.15, 0.2) is 30.5 Å². The number of aromatic nitrogens is 1. The van der Waals surface area contributed by atoms with Gasteiger partial charge in [0.1, 0.15) is 11.6 Å². The van der Waals surface area contributed by atoms with Gasteiger partial charge in [-0.3, -0.25) is 9.69 Å². The molecule has 5 rings (SSSR count). The van der Waals surface area contributed by atoms with Crippen molar-refractivity contribution < 1.29 is 18.7 Å². The molecule has 0 saturated carbocycles. The summed E-state index contributed by atoms with van der Waals surface area (Å²) in [4.78, 5) is 36.6. The Morgan fingerprint density at radius 3 is 2.79 bits per heavy atom. The second-order valence-corrected chi connectivity index (χ2v) is 8.78. The van der Waals surface area contributed by atoms with Crippen LogP contribution < -0.4 is 4.90 Å². The molecule has 0 aromatic carbocycles. The van der Waals surface area contributed by atoms with Crippen molar-refractivity contribution in [2.24, 2.45) is 0 Å². The molecule has 1 unspecified atom stereocenters. The number of hydrogen-bond donors (Lipinski definition) is 0. The molecule has 2 aromatic heterocycles. The third-order valence-electron chi connectivity index (χ3n) is 5.70. The minimum atomic E-state index is -0.655. The number of pyridine rings is 1. The summed E-state index contributed by atoms with van der Waals surface area (Å²) in [6, 6.07) is 6.59. The lowest BCUT2D eigenvalue weighted by molar-refractivity contribution is -0.00661. The number of amides is 2. The normalized spacial score (nSPS) is 22.9. The molecular weight excluding hydrogens is 383 g/mol. The molecule has 28 heavy (non-hydrogen) atoms. The van der Waals surface area contributed by atoms with Crippen molar-refractivity contribution in [3.63, 3.8) is 0 Å². The summed E-state index contributed by atoms with van der Waals surface area (Å²) in [6.07, 6.45) is 0.855. The van der Waals surface area contributed by atoms with E-state index in [0.717, 1.165) is 9.75 Å². The predicted molar refractivity (Wildman–Crippen MR) is 101 cm³/mol. The Bertz CT molecular complexity index is 941. The van der Waals surface area contributed by atoms with E-state index < -0.39 is 5.60 Å². The van der Waals surface area contributed by atoms with Crippen molar-refractivity contribution in [2.45, 2.75) is 18.6 Å². The van der Waals surface area contributed by atoms with Crippen LogP contribution in [0.25, 0.3) is 0 Å². The summed E-state index contributed by atoms with van der Waals surface area (Å²) in [7, 11) is 0. The first-order valence-electron chi connectivity index (χ1n) is 9.17. The van der Waals surface area contributed by atoms with Gasteiger partial charge in [0.25, 0.3) is 5.91 Å². The Morgan fingerprint density at radius 2 is 2.11 bits per heavy atom. The maximum atomic E-state index is 13.1. The summed E-state index contributed by atoms with van der Waals surface area (Å²) >= 11 is 1.48. The van der Waals surface area contributed by atoms with Gasteiger partial charge in [0.15, 0.2) is 5.60 Å². The van der Waals surface area contributed by atoms with Crippen LogP contribution in [0.5, 0.6) is 0 Å². The number of aryl methyl sites for hydroxylation is 1. The van der Waals surface area contributed by atoms with Crippen molar-refractivity contribution in [3.8, 4) is 0 Å². The zero-order valence-corrected chi connectivity index (χ0v) is 16.1. The lowest BCUT2D eigenvalue weighted by Gasteiger charge is -2.51. The summed E-state index contributed by atoms with van der Waals surface area (Å²) in [5.41, 5.74) is -0.655. The van der Waals surface area contributed by atoms with Gasteiger partial charge in [0.2, 0.25) is 0 Å². The molecule has 9 heteroatoms. The van der Waals surface area contributed by atoms with E-state index in [4.69, 9.17) is 4.74 Å². The summed E-state index contributed by atoms with van der Waals surface area (Å²) in [6.45, 7) is 4.37. The van der Waals surface area contributed by atoms with E-state index in [1.807, 2.05) is 28.9 Å². The number of halogens is 1. The largest absolute Gasteiger partial charge is 0.437 e. The van der Waals surface area contributed by atoms with E-state index in [2.05, 4.69) is 4.98 Å². The number of fused-ring (bicyclic) bond motifs is 2. The minimum Gasteiger partial charge on any atom is -0.437 e. The van der Waals surface area contributed by atoms with Crippen molar-refractivity contribution in [1.82, 2.24) is 14.8 Å². The highest BCUT2D eigenvalue weighted by Gasteiger charge is 2.62. The van der Waals surface area contributed by atoms with E-state index in [0.29, 0.717) is 38.5 Å². The van der Waals surface area contributed by atoms with Crippen LogP contribution in [-0.4, -0.2) is 71.2 Å². The van der Waals surface area contributed by atoms with E-state index in [1.165, 1.54) is 23.6 Å². The van der Waals surface area contributed by atoms with Crippen molar-refractivity contribution in [3.05, 3.63) is 46.0 Å². The minimum absolute atomic E-state index is 0.00336. The van der Waals surface area contributed by atoms with Gasteiger partial charge in [-0.15, -0.1) is 11.3 Å². The van der Waals surface area contributed by atoms with Crippen LogP contribution in [0.2, 0.25) is 0 Å². The molecule has 146 valence electrons. The highest BCUT2D eigenvalue weighted by molar-refractivity contribution is 7.13. The third kappa shape index (κ3) is 2.64. The number of rotatable bonds is 2. The number of carbonyl (C=O) groups is 2. The molecule has 3 saturated heterocycles. The molecule has 0 bridgehead atoms. The summed E-state index contributed by atoms with van der Waals surface area (Å²) < 4.78 is 18.9. The Labute approximate surface area is 165 Å². The number of thiophene rings is 1. The van der Waals surface area contributed by atoms with Gasteiger partial charge < -0.3 is 14.5 Å². The highest BCUT2D eigenvalue weighted by Crippen LogP contribution is 2.41. The molecule has 7 nitrogen and oxygen atoms in total. The first-order chi connectivity index (χ1) is 13.4. The van der Waals surface area contributed by atoms with Crippen LogP contribution >= 0.6 is 11.3 Å². The number of ether oxygens (including phenoxy) is 1. The Balaban J connectivity index is 1.33. The molecule has 1 spiro atoms. The van der Waals surface area contributed by atoms with Gasteiger partial charge in [-0.2, -0.15) is 0 Å². The summed E-state index contributed by atoms with van der Waals surface area (Å²) in [5, 5.41) is 0. The molecule has 1 atom stereocenters. The van der Waals surface area contributed by atoms with E-state index in [9.17, 15) is 14.0 Å². The Morgan fingerprint density at radius 1 is 1.29 bits per heavy atom. The zero-order valence-electron chi connectivity index (χ0n) is 15.3. The molecule has 0 radical (unpaired) electrons. The molecular formula is C19H19FN4O3S. The zero-order chi connectivity index (χ0) is 19.5. The first kappa shape index (κ1) is 17.4. The summed E-state index contributed by atoms with van der Waals surface area (Å²) in [5.74, 6) is 0.269. The molecule has 5 heterocycles. The average molecular weight is 402 g/mol. The van der Waals surface area contributed by atoms with Crippen molar-refractivity contribution in [1.29, 1.82) is 0 Å². The van der Waals surface area contributed by atoms with Crippen LogP contribution in [0, 0.1) is 12.7 Å². The van der Waals surface area contributed by atoms with Gasteiger partial charge in [0.05, 0.1) is 30.2 Å². The molecule has 0 N–H and O–H groups in total. The molecule has 0 aliphatic carbocycles. The Kier molecular flexibility index (Phi) is 3.84. The van der Waals surface area contributed by atoms with E-state index in [1.54, 1.807) is 11.0 Å². The molecule has 2 amide bonds. The van der Waals surface area contributed by atoms with Gasteiger partial charge in [0, 0.05) is 24.5 Å². The maximum absolute atomic E-state index is 13.1. The number of piperazine rings is 1. The lowest BCUT2D eigenvalue weighted by atomic mass is 9.84. The fourth-order valence-electron chi connectivity index (χ4n) is 4.23. The van der Waals surface area contributed by atoms with Crippen LogP contribution in [0.1, 0.15) is 14.5 Å². The van der Waals surface area contributed by atoms with Gasteiger partial charge >= 0.3 is 6.09 Å². The highest BCUT2D eigenvalue weighted by atomic mass is 32.1. The standard InChI is InChI=1S/C19H19FN4O3S/c1-12-2-4-14(28-12)17(25)22-6-7-24-15(9-22)19(27-18(24)26)10-23(11-19)16-5-3-13(20)8-21-16/h2-5,8,15H,6-7,9-11H2,1H3. The number of hydrogen-bond acceptors (Lipinski definition) is 6. The van der Waals surface area contributed by atoms with Crippen molar-refractivity contribution >= 4 is 29.2 Å².